The highest BCUT2D eigenvalue weighted by atomic mass is 16.6. The molecule has 0 saturated carbocycles. The van der Waals surface area contributed by atoms with Crippen LogP contribution in [0.1, 0.15) is 75.7 Å². The Kier molecular flexibility index (Phi) is 11.3. The van der Waals surface area contributed by atoms with Crippen LogP contribution in [0.4, 0.5) is 16.2 Å². The number of carbonyl (C=O) groups excluding carboxylic acids is 3. The fourth-order valence-corrected chi connectivity index (χ4v) is 5.98. The van der Waals surface area contributed by atoms with E-state index in [9.17, 15) is 14.4 Å². The number of carbonyl (C=O) groups is 3. The Balaban J connectivity index is 1.35. The normalized spacial score (nSPS) is 16.5. The van der Waals surface area contributed by atoms with Crippen LogP contribution < -0.4 is 15.5 Å². The largest absolute Gasteiger partial charge is 0.466 e. The molecule has 0 spiro atoms. The van der Waals surface area contributed by atoms with Crippen molar-refractivity contribution in [3.63, 3.8) is 0 Å². The van der Waals surface area contributed by atoms with E-state index >= 15 is 0 Å². The molecule has 0 aliphatic carbocycles. The van der Waals surface area contributed by atoms with Crippen LogP contribution in [-0.4, -0.2) is 67.8 Å². The molecule has 0 bridgehead atoms. The predicted octanol–water partition coefficient (Wildman–Crippen LogP) is 5.85. The van der Waals surface area contributed by atoms with E-state index in [1.165, 1.54) is 0 Å². The minimum atomic E-state index is -0.468. The summed E-state index contributed by atoms with van der Waals surface area (Å²) >= 11 is 0. The van der Waals surface area contributed by atoms with Gasteiger partial charge >= 0.3 is 12.1 Å². The maximum Gasteiger partial charge on any atom is 0.410 e. The van der Waals surface area contributed by atoms with Crippen LogP contribution in [0.25, 0.3) is 0 Å². The van der Waals surface area contributed by atoms with Crippen LogP contribution in [0.2, 0.25) is 0 Å². The molecule has 2 aliphatic heterocycles. The number of anilines is 2. The van der Waals surface area contributed by atoms with Gasteiger partial charge in [-0.1, -0.05) is 30.3 Å². The number of nitrogens with zero attached hydrogens (tertiary/aromatic N) is 2. The van der Waals surface area contributed by atoms with E-state index in [1.54, 1.807) is 6.92 Å². The number of ether oxygens (including phenoxy) is 2. The van der Waals surface area contributed by atoms with Gasteiger partial charge in [0, 0.05) is 50.6 Å². The van der Waals surface area contributed by atoms with Crippen LogP contribution in [0.3, 0.4) is 0 Å². The molecule has 43 heavy (non-hydrogen) atoms. The second-order valence-corrected chi connectivity index (χ2v) is 12.5. The summed E-state index contributed by atoms with van der Waals surface area (Å²) in [5, 5.41) is 6.34. The van der Waals surface area contributed by atoms with E-state index in [0.717, 1.165) is 68.8 Å². The van der Waals surface area contributed by atoms with Gasteiger partial charge in [0.05, 0.1) is 18.6 Å². The summed E-state index contributed by atoms with van der Waals surface area (Å²) in [7, 11) is 0. The minimum absolute atomic E-state index is 0.138. The molecule has 2 aliphatic rings. The number of esters is 1. The average Bonchev–Trinajstić information content (AvgIpc) is 3.00. The number of hydrogen-bond acceptors (Lipinski definition) is 7. The smallest absolute Gasteiger partial charge is 0.410 e. The summed E-state index contributed by atoms with van der Waals surface area (Å²) in [4.78, 5) is 41.5. The molecule has 2 heterocycles. The first kappa shape index (κ1) is 32.2. The topological polar surface area (TPSA) is 100 Å². The summed E-state index contributed by atoms with van der Waals surface area (Å²) in [5.74, 6) is 0.738. The van der Waals surface area contributed by atoms with Crippen molar-refractivity contribution in [3.8, 4) is 0 Å². The summed E-state index contributed by atoms with van der Waals surface area (Å²) < 4.78 is 10.5. The maximum absolute atomic E-state index is 13.1. The lowest BCUT2D eigenvalue weighted by Crippen LogP contribution is -2.44. The fourth-order valence-electron chi connectivity index (χ4n) is 5.98. The molecule has 2 saturated heterocycles. The standard InChI is InChI=1S/C34H48N4O5/c1-5-42-31(39)13-18-35-32(40)29-12-11-28(23-30(29)36-24-25-9-7-6-8-10-25)37-19-14-26(15-20-37)27-16-21-38(22-17-27)33(41)43-34(2,3)4/h6-12,23,26-27,36H,5,13-22,24H2,1-4H3,(H,35,40). The number of benzene rings is 2. The van der Waals surface area contributed by atoms with E-state index in [-0.39, 0.29) is 30.9 Å². The van der Waals surface area contributed by atoms with Crippen LogP contribution in [0, 0.1) is 11.8 Å². The first-order valence-electron chi connectivity index (χ1n) is 15.7. The van der Waals surface area contributed by atoms with Crippen molar-refractivity contribution >= 4 is 29.3 Å². The van der Waals surface area contributed by atoms with Gasteiger partial charge in [-0.3, -0.25) is 9.59 Å². The van der Waals surface area contributed by atoms with Gasteiger partial charge in [-0.2, -0.15) is 0 Å². The van der Waals surface area contributed by atoms with Crippen molar-refractivity contribution in [2.45, 2.75) is 71.9 Å². The van der Waals surface area contributed by atoms with Gasteiger partial charge in [0.2, 0.25) is 0 Å². The van der Waals surface area contributed by atoms with E-state index in [0.29, 0.717) is 30.6 Å². The molecule has 0 unspecified atom stereocenters. The molecule has 9 nitrogen and oxygen atoms in total. The Labute approximate surface area is 256 Å². The van der Waals surface area contributed by atoms with Crippen molar-refractivity contribution in [1.29, 1.82) is 0 Å². The summed E-state index contributed by atoms with van der Waals surface area (Å²) in [6.07, 6.45) is 4.21. The first-order chi connectivity index (χ1) is 20.6. The highest BCUT2D eigenvalue weighted by molar-refractivity contribution is 6.00. The second kappa shape index (κ2) is 15.1. The highest BCUT2D eigenvalue weighted by Gasteiger charge is 2.32. The molecule has 2 N–H and O–H groups in total. The molecule has 234 valence electrons. The van der Waals surface area contributed by atoms with Gasteiger partial charge in [0.25, 0.3) is 5.91 Å². The number of nitrogens with one attached hydrogen (secondary N) is 2. The van der Waals surface area contributed by atoms with Crippen molar-refractivity contribution in [1.82, 2.24) is 10.2 Å². The lowest BCUT2D eigenvalue weighted by Gasteiger charge is -2.41. The number of rotatable bonds is 10. The van der Waals surface area contributed by atoms with Crippen molar-refractivity contribution in [2.75, 3.05) is 49.5 Å². The lowest BCUT2D eigenvalue weighted by atomic mass is 9.79. The molecule has 0 aromatic heterocycles. The second-order valence-electron chi connectivity index (χ2n) is 12.5. The van der Waals surface area contributed by atoms with Crippen molar-refractivity contribution < 1.29 is 23.9 Å². The van der Waals surface area contributed by atoms with E-state index in [4.69, 9.17) is 9.47 Å². The summed E-state index contributed by atoms with van der Waals surface area (Å²) in [6.45, 7) is 12.1. The Morgan fingerprint density at radius 2 is 1.56 bits per heavy atom. The quantitative estimate of drug-likeness (QED) is 0.334. The maximum atomic E-state index is 13.1. The zero-order valence-corrected chi connectivity index (χ0v) is 26.2. The third-order valence-electron chi connectivity index (χ3n) is 8.26. The Bertz CT molecular complexity index is 1210. The third kappa shape index (κ3) is 9.63. The van der Waals surface area contributed by atoms with Crippen LogP contribution >= 0.6 is 0 Å². The predicted molar refractivity (Wildman–Crippen MR) is 169 cm³/mol. The van der Waals surface area contributed by atoms with E-state index in [2.05, 4.69) is 33.7 Å². The molecule has 2 aromatic rings. The molecule has 9 heteroatoms. The van der Waals surface area contributed by atoms with Crippen molar-refractivity contribution in [3.05, 3.63) is 59.7 Å². The third-order valence-corrected chi connectivity index (χ3v) is 8.26. The van der Waals surface area contributed by atoms with E-state index < -0.39 is 5.60 Å². The van der Waals surface area contributed by atoms with Gasteiger partial charge in [-0.15, -0.1) is 0 Å². The summed E-state index contributed by atoms with van der Waals surface area (Å²) in [5.41, 5.74) is 3.07. The van der Waals surface area contributed by atoms with Gasteiger partial charge in [0.15, 0.2) is 0 Å². The van der Waals surface area contributed by atoms with Gasteiger partial charge in [-0.25, -0.2) is 4.79 Å². The monoisotopic (exact) mass is 592 g/mol. The first-order valence-corrected chi connectivity index (χ1v) is 15.7. The Hall–Kier alpha value is -3.75. The van der Waals surface area contributed by atoms with Gasteiger partial charge in [0.1, 0.15) is 5.60 Å². The number of amides is 2. The van der Waals surface area contributed by atoms with Crippen LogP contribution in [-0.2, 0) is 20.8 Å². The average molecular weight is 593 g/mol. The molecule has 2 fully saturated rings. The number of likely N-dealkylation sites (tertiary alicyclic amines) is 1. The molecular formula is C34H48N4O5. The fraction of sp³-hybridized carbons (Fsp3) is 0.559. The lowest BCUT2D eigenvalue weighted by molar-refractivity contribution is -0.142. The molecule has 4 rings (SSSR count). The van der Waals surface area contributed by atoms with Crippen molar-refractivity contribution in [2.24, 2.45) is 11.8 Å². The van der Waals surface area contributed by atoms with Gasteiger partial charge < -0.3 is 29.9 Å². The Morgan fingerprint density at radius 1 is 0.907 bits per heavy atom. The Morgan fingerprint density at radius 3 is 2.19 bits per heavy atom. The minimum Gasteiger partial charge on any atom is -0.466 e. The van der Waals surface area contributed by atoms with Crippen LogP contribution in [0.15, 0.2) is 48.5 Å². The molecule has 0 radical (unpaired) electrons. The van der Waals surface area contributed by atoms with Crippen LogP contribution in [0.5, 0.6) is 0 Å². The highest BCUT2D eigenvalue weighted by Crippen LogP contribution is 2.35. The van der Waals surface area contributed by atoms with E-state index in [1.807, 2.05) is 56.0 Å². The van der Waals surface area contributed by atoms with Gasteiger partial charge in [-0.05, 0) is 89.0 Å². The molecule has 0 atom stereocenters. The SMILES string of the molecule is CCOC(=O)CCNC(=O)c1ccc(N2CCC(C3CCN(C(=O)OC(C)(C)C)CC3)CC2)cc1NCc1ccccc1. The number of hydrogen-bond donors (Lipinski definition) is 2. The zero-order valence-electron chi connectivity index (χ0n) is 26.2. The summed E-state index contributed by atoms with van der Waals surface area (Å²) in [6, 6.07) is 16.1. The molecule has 2 amide bonds. The molecule has 2 aromatic carbocycles. The molecular weight excluding hydrogens is 544 g/mol. The number of piperidine rings is 2. The zero-order chi connectivity index (χ0) is 30.8.